The summed E-state index contributed by atoms with van der Waals surface area (Å²) in [5.74, 6) is 0.330. The molecule has 3 aliphatic rings. The van der Waals surface area contributed by atoms with E-state index in [1.807, 2.05) is 0 Å². The lowest BCUT2D eigenvalue weighted by Gasteiger charge is -2.29. The second-order valence-corrected chi connectivity index (χ2v) is 11.8. The van der Waals surface area contributed by atoms with E-state index < -0.39 is 0 Å². The molecule has 0 spiro atoms. The highest BCUT2D eigenvalue weighted by atomic mass is 16.6. The molecule has 200 valence electrons. The van der Waals surface area contributed by atoms with Crippen molar-refractivity contribution in [3.8, 4) is 17.2 Å². The van der Waals surface area contributed by atoms with Crippen LogP contribution in [0.1, 0.15) is 81.3 Å². The smallest absolute Gasteiger partial charge is 0.258 e. The van der Waals surface area contributed by atoms with Crippen LogP contribution in [0.25, 0.3) is 0 Å². The maximum atomic E-state index is 13.8. The van der Waals surface area contributed by atoms with Crippen LogP contribution in [-0.2, 0) is 22.3 Å². The van der Waals surface area contributed by atoms with E-state index in [-0.39, 0.29) is 53.1 Å². The Kier molecular flexibility index (Phi) is 6.65. The molecule has 4 unspecified atom stereocenters. The average molecular weight is 510 g/mol. The Balaban J connectivity index is 1.30. The highest BCUT2D eigenvalue weighted by Crippen LogP contribution is 2.49. The number of phenols is 3. The van der Waals surface area contributed by atoms with Crippen LogP contribution in [-0.4, -0.2) is 51.2 Å². The van der Waals surface area contributed by atoms with Gasteiger partial charge in [-0.05, 0) is 64.0 Å². The van der Waals surface area contributed by atoms with E-state index in [0.29, 0.717) is 41.1 Å². The number of carbonyl (C=O) groups excluding carboxylic acids is 1. The molecule has 0 aliphatic carbocycles. The van der Waals surface area contributed by atoms with Gasteiger partial charge in [0, 0.05) is 28.8 Å². The summed E-state index contributed by atoms with van der Waals surface area (Å²) in [5, 5.41) is 31.3. The fourth-order valence-electron chi connectivity index (χ4n) is 5.91. The lowest BCUT2D eigenvalue weighted by atomic mass is 9.91. The Morgan fingerprint density at radius 2 is 1.68 bits per heavy atom. The monoisotopic (exact) mass is 509 g/mol. The molecule has 37 heavy (non-hydrogen) atoms. The zero-order valence-electron chi connectivity index (χ0n) is 22.3. The fourth-order valence-corrected chi connectivity index (χ4v) is 5.91. The molecular formula is C30H39NO6. The van der Waals surface area contributed by atoms with Crippen molar-refractivity contribution in [1.82, 2.24) is 0 Å². The van der Waals surface area contributed by atoms with Crippen molar-refractivity contribution in [2.75, 3.05) is 11.4 Å². The van der Waals surface area contributed by atoms with E-state index in [1.54, 1.807) is 23.1 Å². The van der Waals surface area contributed by atoms with Gasteiger partial charge in [-0.25, -0.2) is 0 Å². The number of aromatic hydroxyl groups is 3. The standard InChI is InChI=1S/C30H39NO6/c1-18(2)7-6-13-29(3)26(36-29)12-14-30(4)27(37-30)17-31-23-15-19(32)16-25(34)22(23)11-10-20-21(28(31)35)8-5-9-24(20)33/h5,8-9,15-16,18,26-27,32-34H,6-7,10-14,17H2,1-4H3. The summed E-state index contributed by atoms with van der Waals surface area (Å²) in [4.78, 5) is 15.4. The molecule has 5 rings (SSSR count). The Morgan fingerprint density at radius 1 is 0.973 bits per heavy atom. The molecule has 0 saturated carbocycles. The van der Waals surface area contributed by atoms with E-state index >= 15 is 0 Å². The summed E-state index contributed by atoms with van der Waals surface area (Å²) < 4.78 is 12.2. The molecule has 0 bridgehead atoms. The van der Waals surface area contributed by atoms with Crippen molar-refractivity contribution in [2.24, 2.45) is 5.92 Å². The Labute approximate surface area is 219 Å². The Morgan fingerprint density at radius 3 is 2.43 bits per heavy atom. The van der Waals surface area contributed by atoms with E-state index in [9.17, 15) is 20.1 Å². The zero-order valence-corrected chi connectivity index (χ0v) is 22.3. The topological polar surface area (TPSA) is 106 Å². The van der Waals surface area contributed by atoms with Crippen molar-refractivity contribution in [2.45, 2.75) is 96.1 Å². The van der Waals surface area contributed by atoms with Crippen LogP contribution < -0.4 is 4.90 Å². The predicted molar refractivity (Wildman–Crippen MR) is 141 cm³/mol. The summed E-state index contributed by atoms with van der Waals surface area (Å²) in [6.07, 6.45) is 6.10. The van der Waals surface area contributed by atoms with E-state index in [0.717, 1.165) is 19.3 Å². The van der Waals surface area contributed by atoms with Crippen LogP contribution >= 0.6 is 0 Å². The summed E-state index contributed by atoms with van der Waals surface area (Å²) in [6, 6.07) is 7.78. The number of phenolic OH excluding ortho intramolecular Hbond substituents is 3. The minimum atomic E-state index is -0.367. The number of rotatable bonds is 9. The van der Waals surface area contributed by atoms with Crippen molar-refractivity contribution >= 4 is 11.6 Å². The van der Waals surface area contributed by atoms with E-state index in [4.69, 9.17) is 9.47 Å². The number of carbonyl (C=O) groups is 1. The third-order valence-corrected chi connectivity index (χ3v) is 8.51. The number of nitrogens with zero attached hydrogens (tertiary/aromatic N) is 1. The van der Waals surface area contributed by atoms with Crippen molar-refractivity contribution in [1.29, 1.82) is 0 Å². The molecule has 7 nitrogen and oxygen atoms in total. The highest BCUT2D eigenvalue weighted by molar-refractivity contribution is 6.08. The number of fused-ring (bicyclic) bond motifs is 2. The largest absolute Gasteiger partial charge is 0.508 e. The van der Waals surface area contributed by atoms with Crippen molar-refractivity contribution in [3.63, 3.8) is 0 Å². The molecule has 2 fully saturated rings. The van der Waals surface area contributed by atoms with Crippen LogP contribution in [0.15, 0.2) is 30.3 Å². The van der Waals surface area contributed by atoms with E-state index in [1.165, 1.54) is 25.0 Å². The molecule has 1 amide bonds. The quantitative estimate of drug-likeness (QED) is 0.387. The number of benzene rings is 2. The number of epoxide rings is 2. The van der Waals surface area contributed by atoms with Gasteiger partial charge in [-0.1, -0.05) is 32.8 Å². The molecule has 7 heteroatoms. The minimum absolute atomic E-state index is 0.0334. The summed E-state index contributed by atoms with van der Waals surface area (Å²) >= 11 is 0. The van der Waals surface area contributed by atoms with Crippen LogP contribution in [0.4, 0.5) is 5.69 Å². The average Bonchev–Trinajstić information content (AvgIpc) is 3.68. The number of anilines is 1. The number of amides is 1. The first-order chi connectivity index (χ1) is 17.5. The van der Waals surface area contributed by atoms with Crippen LogP contribution in [0.5, 0.6) is 17.2 Å². The normalized spacial score (nSPS) is 28.5. The lowest BCUT2D eigenvalue weighted by molar-refractivity contribution is 0.0982. The molecule has 2 aromatic rings. The number of ether oxygens (including phenoxy) is 2. The minimum Gasteiger partial charge on any atom is -0.508 e. The third-order valence-electron chi connectivity index (χ3n) is 8.51. The molecule has 4 atom stereocenters. The van der Waals surface area contributed by atoms with Gasteiger partial charge in [0.1, 0.15) is 23.4 Å². The maximum absolute atomic E-state index is 13.8. The van der Waals surface area contributed by atoms with Gasteiger partial charge >= 0.3 is 0 Å². The van der Waals surface area contributed by atoms with Crippen LogP contribution in [0, 0.1) is 5.92 Å². The number of hydrogen-bond acceptors (Lipinski definition) is 6. The van der Waals surface area contributed by atoms with Gasteiger partial charge in [-0.3, -0.25) is 4.79 Å². The molecule has 0 aromatic heterocycles. The molecule has 3 N–H and O–H groups in total. The fraction of sp³-hybridized carbons (Fsp3) is 0.567. The third kappa shape index (κ3) is 5.16. The molecule has 0 radical (unpaired) electrons. The van der Waals surface area contributed by atoms with E-state index in [2.05, 4.69) is 27.7 Å². The summed E-state index contributed by atoms with van der Waals surface area (Å²) in [5.41, 5.74) is 1.66. The Bertz CT molecular complexity index is 1190. The van der Waals surface area contributed by atoms with Gasteiger partial charge in [-0.2, -0.15) is 0 Å². The van der Waals surface area contributed by atoms with Gasteiger partial charge < -0.3 is 29.7 Å². The zero-order chi connectivity index (χ0) is 26.5. The first-order valence-electron chi connectivity index (χ1n) is 13.5. The second-order valence-electron chi connectivity index (χ2n) is 11.8. The maximum Gasteiger partial charge on any atom is 0.258 e. The van der Waals surface area contributed by atoms with Gasteiger partial charge in [0.2, 0.25) is 0 Å². The van der Waals surface area contributed by atoms with Gasteiger partial charge in [0.05, 0.1) is 29.5 Å². The molecule has 3 aliphatic heterocycles. The van der Waals surface area contributed by atoms with Gasteiger partial charge in [0.25, 0.3) is 5.91 Å². The molecule has 3 heterocycles. The van der Waals surface area contributed by atoms with Gasteiger partial charge in [0.15, 0.2) is 0 Å². The van der Waals surface area contributed by atoms with Crippen LogP contribution in [0.2, 0.25) is 0 Å². The molecule has 2 saturated heterocycles. The van der Waals surface area contributed by atoms with Crippen molar-refractivity contribution in [3.05, 3.63) is 47.0 Å². The Hall–Kier alpha value is -2.77. The lowest BCUT2D eigenvalue weighted by Crippen LogP contribution is -2.38. The van der Waals surface area contributed by atoms with Crippen molar-refractivity contribution < 1.29 is 29.6 Å². The second kappa shape index (κ2) is 9.52. The highest BCUT2D eigenvalue weighted by Gasteiger charge is 2.57. The molecule has 2 aromatic carbocycles. The first-order valence-corrected chi connectivity index (χ1v) is 13.5. The summed E-state index contributed by atoms with van der Waals surface area (Å²) in [6.45, 7) is 9.06. The van der Waals surface area contributed by atoms with Gasteiger partial charge in [-0.15, -0.1) is 0 Å². The molecular weight excluding hydrogens is 470 g/mol. The predicted octanol–water partition coefficient (Wildman–Crippen LogP) is 5.47. The SMILES string of the molecule is CC(C)CCCC1(C)OC1CCC1(C)OC1CN1C(=O)c2cccc(O)c2CCc2c(O)cc(O)cc21. The number of hydrogen-bond donors (Lipinski definition) is 3. The first kappa shape index (κ1) is 25.9. The summed E-state index contributed by atoms with van der Waals surface area (Å²) in [7, 11) is 0. The van der Waals surface area contributed by atoms with Crippen LogP contribution in [0.3, 0.4) is 0 Å².